The molecule has 1 aliphatic carbocycles. The van der Waals surface area contributed by atoms with Crippen LogP contribution >= 0.6 is 7.60 Å². The molecular weight excluding hydrogens is 492 g/mol. The van der Waals surface area contributed by atoms with Crippen molar-refractivity contribution in [3.05, 3.63) is 39.9 Å². The number of nitrogens with zero attached hydrogens (tertiary/aromatic N) is 1. The van der Waals surface area contributed by atoms with Gasteiger partial charge in [-0.3, -0.25) is 9.36 Å². The average molecular weight is 538 g/mol. The molecule has 4 N–H and O–H groups in total. The van der Waals surface area contributed by atoms with Crippen LogP contribution in [0.15, 0.2) is 23.1 Å². The van der Waals surface area contributed by atoms with E-state index in [1.807, 2.05) is 20.0 Å². The third-order valence-corrected chi connectivity index (χ3v) is 8.97. The molecule has 3 rings (SSSR count). The fourth-order valence-corrected chi connectivity index (χ4v) is 6.79. The molecule has 9 heteroatoms. The fourth-order valence-electron chi connectivity index (χ4n) is 5.85. The number of benzene rings is 1. The van der Waals surface area contributed by atoms with Crippen molar-refractivity contribution in [3.8, 4) is 0 Å². The number of aromatic nitrogens is 1. The van der Waals surface area contributed by atoms with Crippen LogP contribution in [0, 0.1) is 11.7 Å². The molecule has 0 spiro atoms. The van der Waals surface area contributed by atoms with E-state index in [1.54, 1.807) is 6.07 Å². The Hall–Kier alpha value is -1.73. The lowest BCUT2D eigenvalue weighted by Crippen LogP contribution is -2.39. The van der Waals surface area contributed by atoms with Crippen LogP contribution in [0.2, 0.25) is 0 Å². The third kappa shape index (κ3) is 7.66. The van der Waals surface area contributed by atoms with Gasteiger partial charge in [-0.1, -0.05) is 59.8 Å². The molecule has 0 aliphatic heterocycles. The number of halogens is 1. The number of hydrogen-bond donors (Lipinski definition) is 4. The SMILES string of the molecule is CCC(CC)C(CP(=O)(O)O)NCc1cn(C(CC)CC)c2cc(NC3CCCCC3)c(F)cc2c1=O. The maximum atomic E-state index is 15.3. The molecule has 0 bridgehead atoms. The maximum absolute atomic E-state index is 15.3. The number of hydrogen-bond acceptors (Lipinski definition) is 4. The van der Waals surface area contributed by atoms with Gasteiger partial charge >= 0.3 is 7.60 Å². The van der Waals surface area contributed by atoms with Gasteiger partial charge in [0.1, 0.15) is 5.82 Å². The molecule has 1 fully saturated rings. The quantitative estimate of drug-likeness (QED) is 0.223. The van der Waals surface area contributed by atoms with E-state index >= 15 is 4.39 Å². The molecule has 1 aromatic carbocycles. The molecule has 1 heterocycles. The lowest BCUT2D eigenvalue weighted by Gasteiger charge is -2.28. The summed E-state index contributed by atoms with van der Waals surface area (Å²) >= 11 is 0. The molecule has 7 nitrogen and oxygen atoms in total. The molecule has 0 amide bonds. The minimum atomic E-state index is -4.24. The Morgan fingerprint density at radius 2 is 1.70 bits per heavy atom. The number of pyridine rings is 1. The van der Waals surface area contributed by atoms with Gasteiger partial charge in [-0.25, -0.2) is 4.39 Å². The summed E-state index contributed by atoms with van der Waals surface area (Å²) in [5.41, 5.74) is 1.40. The molecule has 1 atom stereocenters. The van der Waals surface area contributed by atoms with Crippen LogP contribution in [0.3, 0.4) is 0 Å². The Bertz CT molecular complexity index is 1130. The predicted molar refractivity (Wildman–Crippen MR) is 150 cm³/mol. The maximum Gasteiger partial charge on any atom is 0.327 e. The molecule has 1 saturated carbocycles. The van der Waals surface area contributed by atoms with Crippen LogP contribution < -0.4 is 16.1 Å². The van der Waals surface area contributed by atoms with Crippen molar-refractivity contribution in [1.82, 2.24) is 9.88 Å². The topological polar surface area (TPSA) is 104 Å². The summed E-state index contributed by atoms with van der Waals surface area (Å²) in [4.78, 5) is 32.8. The zero-order valence-corrected chi connectivity index (χ0v) is 23.7. The standard InChI is InChI=1S/C28H45FN3O4P/c1-5-19(6-2)26(18-37(34,35)36)30-16-20-17-32(22(7-3)8-4)27-15-25(24(29)14-23(27)28(20)33)31-21-12-10-9-11-13-21/h14-15,17,19,21-22,26,30-31H,5-13,16,18H2,1-4H3,(H2,34,35,36). The molecule has 1 aromatic heterocycles. The highest BCUT2D eigenvalue weighted by Crippen LogP contribution is 2.37. The van der Waals surface area contributed by atoms with Crippen LogP contribution in [-0.4, -0.2) is 32.6 Å². The summed E-state index contributed by atoms with van der Waals surface area (Å²) in [6.07, 6.45) is 10.4. The monoisotopic (exact) mass is 537 g/mol. The third-order valence-electron chi connectivity index (χ3n) is 8.10. The van der Waals surface area contributed by atoms with Gasteiger partial charge in [0.15, 0.2) is 5.43 Å². The highest BCUT2D eigenvalue weighted by molar-refractivity contribution is 7.51. The second kappa shape index (κ2) is 13.4. The second-order valence-electron chi connectivity index (χ2n) is 10.6. The number of nitrogens with one attached hydrogen (secondary N) is 2. The van der Waals surface area contributed by atoms with E-state index in [9.17, 15) is 19.1 Å². The molecular formula is C28H45FN3O4P. The van der Waals surface area contributed by atoms with E-state index in [1.165, 1.54) is 12.5 Å². The molecule has 208 valence electrons. The van der Waals surface area contributed by atoms with Crippen molar-refractivity contribution in [2.45, 2.75) is 110 Å². The van der Waals surface area contributed by atoms with E-state index in [0.29, 0.717) is 22.2 Å². The summed E-state index contributed by atoms with van der Waals surface area (Å²) in [7, 11) is -4.24. The van der Waals surface area contributed by atoms with Crippen LogP contribution in [0.4, 0.5) is 10.1 Å². The lowest BCUT2D eigenvalue weighted by molar-refractivity contribution is 0.319. The molecule has 0 saturated heterocycles. The van der Waals surface area contributed by atoms with Gasteiger partial charge in [0.25, 0.3) is 0 Å². The smallest absolute Gasteiger partial charge is 0.327 e. The normalized spacial score (nSPS) is 16.1. The Balaban J connectivity index is 2.02. The van der Waals surface area contributed by atoms with E-state index in [-0.39, 0.29) is 36.1 Å². The largest absolute Gasteiger partial charge is 0.380 e. The van der Waals surface area contributed by atoms with E-state index in [2.05, 4.69) is 29.0 Å². The first kappa shape index (κ1) is 29.8. The molecule has 1 unspecified atom stereocenters. The number of fused-ring (bicyclic) bond motifs is 1. The van der Waals surface area contributed by atoms with Gasteiger partial charge in [-0.05, 0) is 43.7 Å². The summed E-state index contributed by atoms with van der Waals surface area (Å²) in [6.45, 7) is 8.37. The van der Waals surface area contributed by atoms with Crippen molar-refractivity contribution in [3.63, 3.8) is 0 Å². The van der Waals surface area contributed by atoms with Gasteiger partial charge in [0.05, 0.1) is 17.4 Å². The average Bonchev–Trinajstić information content (AvgIpc) is 2.86. The lowest BCUT2D eigenvalue weighted by atomic mass is 9.95. The zero-order valence-electron chi connectivity index (χ0n) is 22.8. The van der Waals surface area contributed by atoms with Crippen molar-refractivity contribution in [2.24, 2.45) is 5.92 Å². The molecule has 1 aliphatic rings. The molecule has 0 radical (unpaired) electrons. The van der Waals surface area contributed by atoms with Crippen molar-refractivity contribution in [2.75, 3.05) is 11.5 Å². The van der Waals surface area contributed by atoms with Crippen LogP contribution in [0.5, 0.6) is 0 Å². The van der Waals surface area contributed by atoms with Gasteiger partial charge in [-0.2, -0.15) is 0 Å². The highest BCUT2D eigenvalue weighted by Gasteiger charge is 2.27. The Morgan fingerprint density at radius 1 is 1.05 bits per heavy atom. The zero-order chi connectivity index (χ0) is 27.2. The Kier molecular flexibility index (Phi) is 10.8. The predicted octanol–water partition coefficient (Wildman–Crippen LogP) is 6.32. The van der Waals surface area contributed by atoms with E-state index < -0.39 is 19.5 Å². The minimum absolute atomic E-state index is 0.0696. The van der Waals surface area contributed by atoms with Crippen LogP contribution in [0.1, 0.15) is 97.1 Å². The fraction of sp³-hybridized carbons (Fsp3) is 0.679. The highest BCUT2D eigenvalue weighted by atomic mass is 31.2. The van der Waals surface area contributed by atoms with Crippen LogP contribution in [0.25, 0.3) is 10.9 Å². The second-order valence-corrected chi connectivity index (χ2v) is 12.3. The van der Waals surface area contributed by atoms with E-state index in [0.717, 1.165) is 51.4 Å². The first-order valence-electron chi connectivity index (χ1n) is 14.0. The van der Waals surface area contributed by atoms with Gasteiger partial charge in [-0.15, -0.1) is 0 Å². The molecule has 37 heavy (non-hydrogen) atoms. The van der Waals surface area contributed by atoms with Gasteiger partial charge < -0.3 is 25.0 Å². The Morgan fingerprint density at radius 3 is 2.27 bits per heavy atom. The van der Waals surface area contributed by atoms with Crippen molar-refractivity contribution >= 4 is 24.2 Å². The van der Waals surface area contributed by atoms with Gasteiger partial charge in [0.2, 0.25) is 0 Å². The summed E-state index contributed by atoms with van der Waals surface area (Å²) < 4.78 is 29.2. The van der Waals surface area contributed by atoms with Crippen molar-refractivity contribution in [1.29, 1.82) is 0 Å². The summed E-state index contributed by atoms with van der Waals surface area (Å²) in [5.74, 6) is -0.354. The van der Waals surface area contributed by atoms with E-state index in [4.69, 9.17) is 0 Å². The summed E-state index contributed by atoms with van der Waals surface area (Å²) in [6, 6.07) is 3.11. The Labute approximate surface area is 220 Å². The summed E-state index contributed by atoms with van der Waals surface area (Å²) in [5, 5.41) is 7.00. The molecule has 2 aromatic rings. The first-order chi connectivity index (χ1) is 17.6. The minimum Gasteiger partial charge on any atom is -0.380 e. The number of anilines is 1. The number of rotatable bonds is 13. The van der Waals surface area contributed by atoms with Crippen LogP contribution in [-0.2, 0) is 11.1 Å². The van der Waals surface area contributed by atoms with Crippen molar-refractivity contribution < 1.29 is 18.7 Å². The first-order valence-corrected chi connectivity index (χ1v) is 15.8. The van der Waals surface area contributed by atoms with Gasteiger partial charge in [0, 0.05) is 41.8 Å².